The Kier molecular flexibility index (Phi) is 4.77. The fourth-order valence-electron chi connectivity index (χ4n) is 1.77. The van der Waals surface area contributed by atoms with E-state index >= 15 is 0 Å². The summed E-state index contributed by atoms with van der Waals surface area (Å²) in [5.74, 6) is -0.327. The van der Waals surface area contributed by atoms with E-state index in [0.29, 0.717) is 16.8 Å². The Morgan fingerprint density at radius 3 is 2.48 bits per heavy atom. The number of hydrogen-bond acceptors (Lipinski definition) is 2. The van der Waals surface area contributed by atoms with E-state index in [-0.39, 0.29) is 29.0 Å². The van der Waals surface area contributed by atoms with Gasteiger partial charge in [-0.15, -0.1) is 0 Å². The number of thioether (sulfide) groups is 1. The Morgan fingerprint density at radius 1 is 1.10 bits per heavy atom. The van der Waals surface area contributed by atoms with Crippen LogP contribution in [0, 0.1) is 12.7 Å². The molecule has 0 saturated heterocycles. The molecule has 0 fully saturated rings. The molecule has 0 heterocycles. The molecule has 2 aromatic rings. The minimum absolute atomic E-state index is 0.0950. The van der Waals surface area contributed by atoms with Gasteiger partial charge in [-0.1, -0.05) is 24.3 Å². The maximum absolute atomic E-state index is 13.4. The molecule has 0 amide bonds. The molecule has 2 aromatic carbocycles. The molecular weight excluding hydrogens is 302 g/mol. The molecule has 0 atom stereocenters. The van der Waals surface area contributed by atoms with Crippen molar-refractivity contribution in [3.05, 3.63) is 59.4 Å². The molecule has 0 saturated carbocycles. The van der Waals surface area contributed by atoms with Gasteiger partial charge in [-0.05, 0) is 48.0 Å². The molecule has 1 N–H and O–H groups in total. The lowest BCUT2D eigenvalue weighted by molar-refractivity contribution is -0.0327. The summed E-state index contributed by atoms with van der Waals surface area (Å²) in [6.45, 7) is 1.91. The Hall–Kier alpha value is -1.69. The number of benzene rings is 2. The van der Waals surface area contributed by atoms with Crippen LogP contribution < -0.4 is 5.32 Å². The molecule has 0 bridgehead atoms. The Morgan fingerprint density at radius 2 is 1.81 bits per heavy atom. The van der Waals surface area contributed by atoms with E-state index in [1.807, 2.05) is 0 Å². The highest BCUT2D eigenvalue weighted by Crippen LogP contribution is 2.40. The van der Waals surface area contributed by atoms with E-state index in [1.165, 1.54) is 12.1 Å². The molecule has 6 heteroatoms. The summed E-state index contributed by atoms with van der Waals surface area (Å²) in [5.41, 5.74) is -2.76. The van der Waals surface area contributed by atoms with E-state index in [9.17, 15) is 17.6 Å². The second kappa shape index (κ2) is 6.39. The molecule has 2 rings (SSSR count). The van der Waals surface area contributed by atoms with Crippen molar-refractivity contribution in [2.45, 2.75) is 23.9 Å². The highest BCUT2D eigenvalue weighted by molar-refractivity contribution is 8.00. The summed E-state index contributed by atoms with van der Waals surface area (Å²) in [4.78, 5) is 0.0950. The van der Waals surface area contributed by atoms with Gasteiger partial charge in [0.2, 0.25) is 0 Å². The van der Waals surface area contributed by atoms with Gasteiger partial charge in [0.15, 0.2) is 0 Å². The first-order valence-electron chi connectivity index (χ1n) is 6.19. The van der Waals surface area contributed by atoms with Crippen LogP contribution in [0.15, 0.2) is 47.4 Å². The zero-order valence-electron chi connectivity index (χ0n) is 11.2. The van der Waals surface area contributed by atoms with Gasteiger partial charge in [0, 0.05) is 17.1 Å². The van der Waals surface area contributed by atoms with Crippen LogP contribution in [0.4, 0.5) is 23.2 Å². The normalized spacial score (nSPS) is 11.5. The SMILES string of the molecule is Cc1ccc(CNc2ccccc2SC(F)(F)F)cc1F. The van der Waals surface area contributed by atoms with Crippen LogP contribution in [-0.4, -0.2) is 5.51 Å². The quantitative estimate of drug-likeness (QED) is 0.602. The first-order chi connectivity index (χ1) is 9.85. The molecular formula is C15H13F4NS. The predicted molar refractivity (Wildman–Crippen MR) is 76.8 cm³/mol. The van der Waals surface area contributed by atoms with Gasteiger partial charge in [-0.2, -0.15) is 13.2 Å². The van der Waals surface area contributed by atoms with Gasteiger partial charge in [-0.3, -0.25) is 0 Å². The topological polar surface area (TPSA) is 12.0 Å². The monoisotopic (exact) mass is 315 g/mol. The van der Waals surface area contributed by atoms with Crippen molar-refractivity contribution in [1.82, 2.24) is 0 Å². The third kappa shape index (κ3) is 4.67. The number of hydrogen-bond donors (Lipinski definition) is 1. The second-order valence-corrected chi connectivity index (χ2v) is 5.59. The average Bonchev–Trinajstić information content (AvgIpc) is 2.40. The third-order valence-electron chi connectivity index (χ3n) is 2.83. The number of rotatable bonds is 4. The van der Waals surface area contributed by atoms with Crippen molar-refractivity contribution in [1.29, 1.82) is 0 Å². The Labute approximate surface area is 124 Å². The van der Waals surface area contributed by atoms with Crippen LogP contribution >= 0.6 is 11.8 Å². The average molecular weight is 315 g/mol. The van der Waals surface area contributed by atoms with Crippen molar-refractivity contribution in [3.63, 3.8) is 0 Å². The molecule has 1 nitrogen and oxygen atoms in total. The van der Waals surface area contributed by atoms with E-state index < -0.39 is 5.51 Å². The minimum Gasteiger partial charge on any atom is -0.380 e. The van der Waals surface area contributed by atoms with E-state index in [1.54, 1.807) is 37.3 Å². The first kappa shape index (κ1) is 15.7. The molecule has 21 heavy (non-hydrogen) atoms. The van der Waals surface area contributed by atoms with E-state index in [2.05, 4.69) is 5.32 Å². The van der Waals surface area contributed by atoms with E-state index in [4.69, 9.17) is 0 Å². The maximum Gasteiger partial charge on any atom is 0.446 e. The number of para-hydroxylation sites is 1. The zero-order chi connectivity index (χ0) is 15.5. The largest absolute Gasteiger partial charge is 0.446 e. The predicted octanol–water partition coefficient (Wildman–Crippen LogP) is 5.36. The number of anilines is 1. The van der Waals surface area contributed by atoms with Crippen LogP contribution in [0.2, 0.25) is 0 Å². The first-order valence-corrected chi connectivity index (χ1v) is 7.00. The molecule has 0 aliphatic rings. The van der Waals surface area contributed by atoms with Crippen LogP contribution in [-0.2, 0) is 6.54 Å². The lowest BCUT2D eigenvalue weighted by Gasteiger charge is -2.13. The van der Waals surface area contributed by atoms with Gasteiger partial charge in [0.1, 0.15) is 5.82 Å². The summed E-state index contributed by atoms with van der Waals surface area (Å²) in [5, 5.41) is 2.91. The highest BCUT2D eigenvalue weighted by Gasteiger charge is 2.30. The minimum atomic E-state index is -4.34. The summed E-state index contributed by atoms with van der Waals surface area (Å²) >= 11 is -0.168. The highest BCUT2D eigenvalue weighted by atomic mass is 32.2. The maximum atomic E-state index is 13.4. The van der Waals surface area contributed by atoms with Crippen LogP contribution in [0.1, 0.15) is 11.1 Å². The number of aryl methyl sites for hydroxylation is 1. The van der Waals surface area contributed by atoms with Gasteiger partial charge in [0.25, 0.3) is 0 Å². The standard InChI is InChI=1S/C15H13F4NS/c1-10-6-7-11(8-12(10)16)9-20-13-4-2-3-5-14(13)21-15(17,18)19/h2-8,20H,9H2,1H3. The number of alkyl halides is 3. The van der Waals surface area contributed by atoms with Gasteiger partial charge in [0.05, 0.1) is 0 Å². The molecule has 0 unspecified atom stereocenters. The van der Waals surface area contributed by atoms with E-state index in [0.717, 1.165) is 0 Å². The Balaban J connectivity index is 2.11. The summed E-state index contributed by atoms with van der Waals surface area (Å²) in [7, 11) is 0. The van der Waals surface area contributed by atoms with Gasteiger partial charge in [-0.25, -0.2) is 4.39 Å². The van der Waals surface area contributed by atoms with Crippen LogP contribution in [0.3, 0.4) is 0 Å². The molecule has 0 aliphatic carbocycles. The molecule has 112 valence electrons. The van der Waals surface area contributed by atoms with Gasteiger partial charge < -0.3 is 5.32 Å². The zero-order valence-corrected chi connectivity index (χ0v) is 12.0. The van der Waals surface area contributed by atoms with Crippen molar-refractivity contribution in [3.8, 4) is 0 Å². The fraction of sp³-hybridized carbons (Fsp3) is 0.200. The molecule has 0 radical (unpaired) electrons. The van der Waals surface area contributed by atoms with Crippen molar-refractivity contribution >= 4 is 17.4 Å². The molecule has 0 spiro atoms. The summed E-state index contributed by atoms with van der Waals surface area (Å²) < 4.78 is 50.8. The molecule has 0 aliphatic heterocycles. The Bertz CT molecular complexity index is 625. The number of nitrogens with one attached hydrogen (secondary N) is 1. The van der Waals surface area contributed by atoms with Crippen LogP contribution in [0.5, 0.6) is 0 Å². The van der Waals surface area contributed by atoms with Crippen molar-refractivity contribution in [2.24, 2.45) is 0 Å². The second-order valence-electron chi connectivity index (χ2n) is 4.48. The lowest BCUT2D eigenvalue weighted by Crippen LogP contribution is -2.04. The number of halogens is 4. The summed E-state index contributed by atoms with van der Waals surface area (Å²) in [6, 6.07) is 10.9. The third-order valence-corrected chi connectivity index (χ3v) is 3.64. The molecule has 0 aromatic heterocycles. The smallest absolute Gasteiger partial charge is 0.380 e. The van der Waals surface area contributed by atoms with Crippen LogP contribution in [0.25, 0.3) is 0 Å². The van der Waals surface area contributed by atoms with Crippen molar-refractivity contribution in [2.75, 3.05) is 5.32 Å². The van der Waals surface area contributed by atoms with Crippen molar-refractivity contribution < 1.29 is 17.6 Å². The lowest BCUT2D eigenvalue weighted by atomic mass is 10.1. The fourth-order valence-corrected chi connectivity index (χ4v) is 2.42. The van der Waals surface area contributed by atoms with Gasteiger partial charge >= 0.3 is 5.51 Å². The summed E-state index contributed by atoms with van der Waals surface area (Å²) in [6.07, 6.45) is 0.